The lowest BCUT2D eigenvalue weighted by Gasteiger charge is -2.42. The number of amides is 2. The Hall–Kier alpha value is -2.55. The first kappa shape index (κ1) is 26.1. The molecule has 9 heteroatoms. The van der Waals surface area contributed by atoms with E-state index in [-0.39, 0.29) is 22.9 Å². The monoisotopic (exact) mass is 531 g/mol. The van der Waals surface area contributed by atoms with Gasteiger partial charge in [0.05, 0.1) is 11.6 Å². The van der Waals surface area contributed by atoms with Crippen LogP contribution in [0.15, 0.2) is 36.4 Å². The molecular weight excluding hydrogens is 500 g/mol. The number of hydrogen-bond acceptors (Lipinski definition) is 4. The summed E-state index contributed by atoms with van der Waals surface area (Å²) in [6.45, 7) is 7.78. The summed E-state index contributed by atoms with van der Waals surface area (Å²) in [4.78, 5) is 27.7. The fourth-order valence-electron chi connectivity index (χ4n) is 6.55. The molecule has 0 aromatic heterocycles. The van der Waals surface area contributed by atoms with Crippen molar-refractivity contribution in [2.45, 2.75) is 82.0 Å². The normalized spacial score (nSPS) is 32.7. The zero-order chi connectivity index (χ0) is 26.9. The Morgan fingerprint density at radius 2 is 1.92 bits per heavy atom. The third kappa shape index (κ3) is 4.33. The van der Waals surface area contributed by atoms with Crippen molar-refractivity contribution >= 4 is 29.1 Å². The molecule has 0 bridgehead atoms. The molecule has 6 nitrogen and oxygen atoms in total. The summed E-state index contributed by atoms with van der Waals surface area (Å²) >= 11 is 6.23. The third-order valence-electron chi connectivity index (χ3n) is 7.94. The van der Waals surface area contributed by atoms with Crippen LogP contribution in [0.1, 0.15) is 64.0 Å². The van der Waals surface area contributed by atoms with E-state index in [1.807, 2.05) is 20.8 Å². The highest BCUT2D eigenvalue weighted by atomic mass is 35.5. The SMILES string of the molecule is CC(C)(C)C[C@H]1N[C@@H](C(=O)N[C@H]2C[C@@](C)(O)C2)[C@H](c2cccc(F)c2F)[C@@]12C(=O)Nc1cc(Cl)ccc12. The number of aliphatic hydroxyl groups is 1. The van der Waals surface area contributed by atoms with E-state index in [0.29, 0.717) is 35.5 Å². The largest absolute Gasteiger partial charge is 0.390 e. The molecule has 2 heterocycles. The Balaban J connectivity index is 1.69. The second-order valence-corrected chi connectivity index (χ2v) is 12.6. The lowest BCUT2D eigenvalue weighted by atomic mass is 9.62. The third-order valence-corrected chi connectivity index (χ3v) is 8.17. The summed E-state index contributed by atoms with van der Waals surface area (Å²) < 4.78 is 30.0. The number of anilines is 1. The molecule has 4 N–H and O–H groups in total. The standard InChI is InChI=1S/C28H32ClF2N3O3/c1-26(2,3)13-20-28(17-9-8-14(29)10-19(17)33-25(28)36)21(16-6-5-7-18(30)22(16)31)23(34-20)24(35)32-15-11-27(4,37)12-15/h5-10,15,20-21,23,34,37H,11-13H2,1-4H3,(H,32,35)(H,33,36)/t15-,20-,21+,23-,27+,28+/m1/s1. The van der Waals surface area contributed by atoms with Crippen molar-refractivity contribution in [2.24, 2.45) is 5.41 Å². The van der Waals surface area contributed by atoms with Gasteiger partial charge in [0.2, 0.25) is 11.8 Å². The van der Waals surface area contributed by atoms with Gasteiger partial charge in [0.1, 0.15) is 5.41 Å². The van der Waals surface area contributed by atoms with Crippen LogP contribution in [0, 0.1) is 17.0 Å². The number of halogens is 3. The van der Waals surface area contributed by atoms with Gasteiger partial charge in [-0.05, 0) is 60.9 Å². The average molecular weight is 532 g/mol. The highest BCUT2D eigenvalue weighted by Crippen LogP contribution is 2.57. The second-order valence-electron chi connectivity index (χ2n) is 12.2. The van der Waals surface area contributed by atoms with Crippen LogP contribution >= 0.6 is 11.6 Å². The lowest BCUT2D eigenvalue weighted by Crippen LogP contribution is -2.57. The van der Waals surface area contributed by atoms with E-state index in [9.17, 15) is 19.1 Å². The lowest BCUT2D eigenvalue weighted by molar-refractivity contribution is -0.127. The minimum Gasteiger partial charge on any atom is -0.390 e. The van der Waals surface area contributed by atoms with Crippen LogP contribution in [0.2, 0.25) is 5.02 Å². The van der Waals surface area contributed by atoms with Crippen molar-refractivity contribution in [3.05, 3.63) is 64.2 Å². The van der Waals surface area contributed by atoms with Gasteiger partial charge in [0.15, 0.2) is 11.6 Å². The first-order valence-corrected chi connectivity index (χ1v) is 12.9. The number of benzene rings is 2. The molecule has 2 fully saturated rings. The predicted octanol–water partition coefficient (Wildman–Crippen LogP) is 4.40. The minimum absolute atomic E-state index is 0.0392. The van der Waals surface area contributed by atoms with Crippen molar-refractivity contribution in [3.8, 4) is 0 Å². The van der Waals surface area contributed by atoms with Crippen LogP contribution in [0.3, 0.4) is 0 Å². The van der Waals surface area contributed by atoms with E-state index in [1.165, 1.54) is 12.1 Å². The molecule has 1 saturated carbocycles. The fourth-order valence-corrected chi connectivity index (χ4v) is 6.72. The van der Waals surface area contributed by atoms with Crippen LogP contribution in [0.4, 0.5) is 14.5 Å². The quantitative estimate of drug-likeness (QED) is 0.471. The zero-order valence-corrected chi connectivity index (χ0v) is 22.0. The molecule has 5 rings (SSSR count). The van der Waals surface area contributed by atoms with Crippen LogP contribution in [0.25, 0.3) is 0 Å². The van der Waals surface area contributed by atoms with Crippen LogP contribution in [-0.4, -0.2) is 40.6 Å². The second kappa shape index (κ2) is 8.75. The van der Waals surface area contributed by atoms with Gasteiger partial charge in [-0.15, -0.1) is 0 Å². The Bertz CT molecular complexity index is 1270. The molecule has 3 aliphatic rings. The summed E-state index contributed by atoms with van der Waals surface area (Å²) in [7, 11) is 0. The van der Waals surface area contributed by atoms with Gasteiger partial charge < -0.3 is 21.1 Å². The summed E-state index contributed by atoms with van der Waals surface area (Å²) in [6.07, 6.45) is 1.27. The van der Waals surface area contributed by atoms with Gasteiger partial charge in [-0.1, -0.05) is 50.6 Å². The van der Waals surface area contributed by atoms with Crippen LogP contribution < -0.4 is 16.0 Å². The fraction of sp³-hybridized carbons (Fsp3) is 0.500. The van der Waals surface area contributed by atoms with Gasteiger partial charge in [-0.25, -0.2) is 8.78 Å². The topological polar surface area (TPSA) is 90.5 Å². The summed E-state index contributed by atoms with van der Waals surface area (Å²) in [5.74, 6) is -3.97. The van der Waals surface area contributed by atoms with Crippen molar-refractivity contribution in [1.29, 1.82) is 0 Å². The van der Waals surface area contributed by atoms with Crippen LogP contribution in [-0.2, 0) is 15.0 Å². The van der Waals surface area contributed by atoms with Crippen LogP contribution in [0.5, 0.6) is 0 Å². The maximum Gasteiger partial charge on any atom is 0.238 e. The minimum atomic E-state index is -1.39. The molecule has 198 valence electrons. The first-order valence-electron chi connectivity index (χ1n) is 12.6. The van der Waals surface area contributed by atoms with Gasteiger partial charge in [0, 0.05) is 28.7 Å². The number of carbonyl (C=O) groups is 2. The van der Waals surface area contributed by atoms with Gasteiger partial charge in [0.25, 0.3) is 0 Å². The number of hydrogen-bond donors (Lipinski definition) is 4. The van der Waals surface area contributed by atoms with Crippen molar-refractivity contribution in [2.75, 3.05) is 5.32 Å². The molecule has 1 spiro atoms. The molecule has 1 saturated heterocycles. The molecule has 4 atom stereocenters. The van der Waals surface area contributed by atoms with Gasteiger partial charge in [-0.2, -0.15) is 0 Å². The summed E-state index contributed by atoms with van der Waals surface area (Å²) in [5.41, 5.74) is -1.45. The van der Waals surface area contributed by atoms with Gasteiger partial charge in [-0.3, -0.25) is 9.59 Å². The number of fused-ring (bicyclic) bond motifs is 2. The summed E-state index contributed by atoms with van der Waals surface area (Å²) in [5, 5.41) is 19.8. The number of nitrogens with one attached hydrogen (secondary N) is 3. The van der Waals surface area contributed by atoms with E-state index >= 15 is 4.39 Å². The Morgan fingerprint density at radius 1 is 1.22 bits per heavy atom. The summed E-state index contributed by atoms with van der Waals surface area (Å²) in [6, 6.07) is 7.07. The highest BCUT2D eigenvalue weighted by molar-refractivity contribution is 6.31. The maximum atomic E-state index is 15.5. The number of rotatable bonds is 4. The Kier molecular flexibility index (Phi) is 6.17. The molecule has 2 amide bonds. The molecule has 2 aliphatic heterocycles. The Morgan fingerprint density at radius 3 is 2.57 bits per heavy atom. The van der Waals surface area contributed by atoms with E-state index in [0.717, 1.165) is 6.07 Å². The highest BCUT2D eigenvalue weighted by Gasteiger charge is 2.66. The van der Waals surface area contributed by atoms with Crippen molar-refractivity contribution in [1.82, 2.24) is 10.6 Å². The van der Waals surface area contributed by atoms with E-state index < -0.39 is 46.6 Å². The van der Waals surface area contributed by atoms with E-state index in [4.69, 9.17) is 11.6 Å². The Labute approximate surface area is 220 Å². The molecular formula is C28H32ClF2N3O3. The molecule has 0 radical (unpaired) electrons. The molecule has 2 aromatic rings. The van der Waals surface area contributed by atoms with E-state index in [2.05, 4.69) is 16.0 Å². The van der Waals surface area contributed by atoms with Crippen molar-refractivity contribution in [3.63, 3.8) is 0 Å². The van der Waals surface area contributed by atoms with Gasteiger partial charge >= 0.3 is 0 Å². The number of carbonyl (C=O) groups excluding carboxylic acids is 2. The smallest absolute Gasteiger partial charge is 0.238 e. The molecule has 0 unspecified atom stereocenters. The van der Waals surface area contributed by atoms with E-state index in [1.54, 1.807) is 25.1 Å². The molecule has 37 heavy (non-hydrogen) atoms. The molecule has 1 aliphatic carbocycles. The molecule has 2 aromatic carbocycles. The zero-order valence-electron chi connectivity index (χ0n) is 21.3. The first-order chi connectivity index (χ1) is 17.2. The van der Waals surface area contributed by atoms with Crippen molar-refractivity contribution < 1.29 is 23.5 Å². The maximum absolute atomic E-state index is 15.5. The average Bonchev–Trinajstić information content (AvgIpc) is 3.23. The predicted molar refractivity (Wildman–Crippen MR) is 137 cm³/mol.